The lowest BCUT2D eigenvalue weighted by molar-refractivity contribution is 0.0921. The van der Waals surface area contributed by atoms with Crippen LogP contribution >= 0.6 is 11.6 Å². The van der Waals surface area contributed by atoms with Gasteiger partial charge in [-0.2, -0.15) is 0 Å². The molecule has 0 bridgehead atoms. The first kappa shape index (κ1) is 19.1. The van der Waals surface area contributed by atoms with E-state index in [1.165, 1.54) is 0 Å². The third-order valence-electron chi connectivity index (χ3n) is 5.04. The highest BCUT2D eigenvalue weighted by Crippen LogP contribution is 2.16. The maximum absolute atomic E-state index is 13.0. The fourth-order valence-electron chi connectivity index (χ4n) is 3.59. The molecule has 154 valence electrons. The summed E-state index contributed by atoms with van der Waals surface area (Å²) in [5, 5.41) is 3.42. The largest absolute Gasteiger partial charge is 0.454 e. The molecule has 8 heteroatoms. The lowest BCUT2D eigenvalue weighted by Gasteiger charge is -2.10. The van der Waals surface area contributed by atoms with E-state index in [0.29, 0.717) is 28.5 Å². The van der Waals surface area contributed by atoms with Gasteiger partial charge in [0.05, 0.1) is 12.1 Å². The van der Waals surface area contributed by atoms with Gasteiger partial charge < -0.3 is 14.1 Å². The Morgan fingerprint density at radius 1 is 1.06 bits per heavy atom. The molecule has 5 rings (SSSR count). The van der Waals surface area contributed by atoms with E-state index >= 15 is 0 Å². The van der Waals surface area contributed by atoms with Gasteiger partial charge >= 0.3 is 0 Å². The van der Waals surface area contributed by atoms with Crippen molar-refractivity contribution in [2.75, 3.05) is 0 Å². The average molecular weight is 433 g/mol. The van der Waals surface area contributed by atoms with Gasteiger partial charge in [-0.05, 0) is 54.1 Å². The number of rotatable bonds is 5. The van der Waals surface area contributed by atoms with E-state index in [1.54, 1.807) is 41.1 Å². The van der Waals surface area contributed by atoms with E-state index in [9.17, 15) is 9.59 Å². The first-order chi connectivity index (χ1) is 15.1. The molecule has 0 fully saturated rings. The molecule has 0 aliphatic carbocycles. The summed E-state index contributed by atoms with van der Waals surface area (Å²) >= 11 is 5.98. The van der Waals surface area contributed by atoms with Crippen LogP contribution in [0.1, 0.15) is 21.9 Å². The van der Waals surface area contributed by atoms with Crippen LogP contribution in [0, 0.1) is 0 Å². The van der Waals surface area contributed by atoms with Crippen LogP contribution in [0.25, 0.3) is 16.7 Å². The summed E-state index contributed by atoms with van der Waals surface area (Å²) in [5.41, 5.74) is 2.61. The molecule has 0 saturated carbocycles. The molecule has 0 saturated heterocycles. The van der Waals surface area contributed by atoms with Gasteiger partial charge in [0.15, 0.2) is 11.4 Å². The zero-order valence-corrected chi connectivity index (χ0v) is 17.0. The van der Waals surface area contributed by atoms with Gasteiger partial charge in [-0.3, -0.25) is 14.2 Å². The first-order valence-electron chi connectivity index (χ1n) is 9.66. The molecule has 0 radical (unpaired) electrons. The van der Waals surface area contributed by atoms with Crippen LogP contribution in [0.5, 0.6) is 0 Å². The maximum Gasteiger partial charge on any atom is 0.287 e. The molecular formula is C23H17ClN4O3. The van der Waals surface area contributed by atoms with Crippen LogP contribution in [0.15, 0.2) is 82.3 Å². The Hall–Kier alpha value is -3.84. The Kier molecular flexibility index (Phi) is 4.80. The smallest absolute Gasteiger partial charge is 0.287 e. The molecule has 0 aliphatic heterocycles. The Balaban J connectivity index is 1.40. The van der Waals surface area contributed by atoms with Gasteiger partial charge in [0.2, 0.25) is 0 Å². The number of halogens is 1. The SMILES string of the molecule is O=C(NCc1cccc(Cl)c1)c1ccc(Cn2c(=O)c3cccn3c3cccnc32)o1. The molecule has 0 unspecified atom stereocenters. The average Bonchev–Trinajstić information content (AvgIpc) is 3.45. The summed E-state index contributed by atoms with van der Waals surface area (Å²) in [4.78, 5) is 29.9. The molecule has 0 spiro atoms. The molecule has 7 nitrogen and oxygen atoms in total. The summed E-state index contributed by atoms with van der Waals surface area (Å²) in [7, 11) is 0. The number of benzene rings is 1. The molecule has 4 heterocycles. The van der Waals surface area contributed by atoms with Crippen LogP contribution in [-0.4, -0.2) is 19.9 Å². The van der Waals surface area contributed by atoms with Crippen molar-refractivity contribution in [3.05, 3.63) is 106 Å². The number of nitrogens with one attached hydrogen (secondary N) is 1. The number of hydrogen-bond acceptors (Lipinski definition) is 4. The van der Waals surface area contributed by atoms with Crippen molar-refractivity contribution in [2.45, 2.75) is 13.1 Å². The minimum Gasteiger partial charge on any atom is -0.454 e. The molecule has 4 aromatic heterocycles. The van der Waals surface area contributed by atoms with Crippen molar-refractivity contribution >= 4 is 34.2 Å². The third-order valence-corrected chi connectivity index (χ3v) is 5.27. The highest BCUT2D eigenvalue weighted by atomic mass is 35.5. The van der Waals surface area contributed by atoms with Crippen molar-refractivity contribution in [1.29, 1.82) is 0 Å². The number of aromatic nitrogens is 3. The summed E-state index contributed by atoms with van der Waals surface area (Å²) in [6.45, 7) is 0.490. The van der Waals surface area contributed by atoms with Crippen molar-refractivity contribution in [3.8, 4) is 0 Å². The Labute approximate surface area is 181 Å². The topological polar surface area (TPSA) is 81.5 Å². The number of carbonyl (C=O) groups is 1. The van der Waals surface area contributed by atoms with Gasteiger partial charge in [-0.25, -0.2) is 4.98 Å². The van der Waals surface area contributed by atoms with Crippen molar-refractivity contribution in [1.82, 2.24) is 19.3 Å². The number of nitrogens with zero attached hydrogens (tertiary/aromatic N) is 3. The summed E-state index contributed by atoms with van der Waals surface area (Å²) < 4.78 is 9.10. The lowest BCUT2D eigenvalue weighted by atomic mass is 10.2. The fourth-order valence-corrected chi connectivity index (χ4v) is 3.80. The monoisotopic (exact) mass is 432 g/mol. The second-order valence-electron chi connectivity index (χ2n) is 7.08. The highest BCUT2D eigenvalue weighted by molar-refractivity contribution is 6.30. The fraction of sp³-hybridized carbons (Fsp3) is 0.0870. The Bertz CT molecular complexity index is 1480. The van der Waals surface area contributed by atoms with Gasteiger partial charge in [0.25, 0.3) is 11.5 Å². The lowest BCUT2D eigenvalue weighted by Crippen LogP contribution is -2.24. The third kappa shape index (κ3) is 3.60. The predicted molar refractivity (Wildman–Crippen MR) is 117 cm³/mol. The molecule has 5 aromatic rings. The van der Waals surface area contributed by atoms with Crippen molar-refractivity contribution in [2.24, 2.45) is 0 Å². The first-order valence-corrected chi connectivity index (χ1v) is 10.0. The molecule has 1 amide bonds. The normalized spacial score (nSPS) is 11.3. The predicted octanol–water partition coefficient (Wildman–Crippen LogP) is 3.87. The molecule has 31 heavy (non-hydrogen) atoms. The van der Waals surface area contributed by atoms with Crippen LogP contribution in [0.3, 0.4) is 0 Å². The second kappa shape index (κ2) is 7.77. The number of carbonyl (C=O) groups excluding carboxylic acids is 1. The maximum atomic E-state index is 13.0. The Morgan fingerprint density at radius 3 is 2.81 bits per heavy atom. The van der Waals surface area contributed by atoms with Crippen LogP contribution in [-0.2, 0) is 13.1 Å². The highest BCUT2D eigenvalue weighted by Gasteiger charge is 2.15. The number of fused-ring (bicyclic) bond motifs is 3. The van der Waals surface area contributed by atoms with Crippen LogP contribution in [0.4, 0.5) is 0 Å². The van der Waals surface area contributed by atoms with Gasteiger partial charge in [-0.15, -0.1) is 0 Å². The minimum atomic E-state index is -0.344. The molecule has 1 aromatic carbocycles. The molecule has 0 aliphatic rings. The van der Waals surface area contributed by atoms with E-state index in [-0.39, 0.29) is 23.8 Å². The van der Waals surface area contributed by atoms with E-state index in [2.05, 4.69) is 10.3 Å². The second-order valence-corrected chi connectivity index (χ2v) is 7.52. The number of amides is 1. The van der Waals surface area contributed by atoms with Crippen LogP contribution < -0.4 is 10.9 Å². The van der Waals surface area contributed by atoms with E-state index in [0.717, 1.165) is 11.1 Å². The summed E-state index contributed by atoms with van der Waals surface area (Å²) in [6, 6.07) is 17.9. The van der Waals surface area contributed by atoms with Gasteiger partial charge in [0.1, 0.15) is 11.3 Å². The quantitative estimate of drug-likeness (QED) is 0.457. The summed E-state index contributed by atoms with van der Waals surface area (Å²) in [6.07, 6.45) is 3.48. The molecule has 0 atom stereocenters. The van der Waals surface area contributed by atoms with E-state index < -0.39 is 0 Å². The van der Waals surface area contributed by atoms with Crippen LogP contribution in [0.2, 0.25) is 5.02 Å². The number of pyridine rings is 1. The Morgan fingerprint density at radius 2 is 1.94 bits per heavy atom. The molecular weight excluding hydrogens is 416 g/mol. The van der Waals surface area contributed by atoms with E-state index in [4.69, 9.17) is 16.0 Å². The van der Waals surface area contributed by atoms with Crippen molar-refractivity contribution in [3.63, 3.8) is 0 Å². The number of hydrogen-bond donors (Lipinski definition) is 1. The standard InChI is InChI=1S/C23H17ClN4O3/c24-16-5-1-4-15(12-16)13-26-22(29)20-9-8-17(31-20)14-28-21-18(6-2-10-25-21)27-11-3-7-19(27)23(28)30/h1-12H,13-14H2,(H,26,29). The summed E-state index contributed by atoms with van der Waals surface area (Å²) in [5.74, 6) is 0.313. The van der Waals surface area contributed by atoms with Gasteiger partial charge in [-0.1, -0.05) is 23.7 Å². The zero-order chi connectivity index (χ0) is 21.4. The zero-order valence-electron chi connectivity index (χ0n) is 16.3. The number of furan rings is 1. The molecule has 1 N–H and O–H groups in total. The van der Waals surface area contributed by atoms with Crippen molar-refractivity contribution < 1.29 is 9.21 Å². The van der Waals surface area contributed by atoms with Gasteiger partial charge in [0, 0.05) is 24.0 Å². The van der Waals surface area contributed by atoms with E-state index in [1.807, 2.05) is 40.9 Å². The minimum absolute atomic E-state index is 0.162.